The van der Waals surface area contributed by atoms with E-state index in [9.17, 15) is 0 Å². The average Bonchev–Trinajstić information content (AvgIpc) is 2.20. The number of morpholine rings is 1. The maximum absolute atomic E-state index is 5.33. The van der Waals surface area contributed by atoms with Crippen LogP contribution in [0.15, 0.2) is 6.20 Å². The standard InChI is InChI=1S/C7H11N5O/c8-7-9-5-6(10-11-7)12-1-3-13-4-2-12/h5H,1-4H2,(H2,8,9,11). The summed E-state index contributed by atoms with van der Waals surface area (Å²) in [6.45, 7) is 3.12. The lowest BCUT2D eigenvalue weighted by atomic mass is 10.4. The lowest BCUT2D eigenvalue weighted by Gasteiger charge is -2.26. The maximum atomic E-state index is 5.33. The first kappa shape index (κ1) is 8.18. The Morgan fingerprint density at radius 2 is 2.08 bits per heavy atom. The van der Waals surface area contributed by atoms with Gasteiger partial charge in [-0.05, 0) is 0 Å². The summed E-state index contributed by atoms with van der Waals surface area (Å²) >= 11 is 0. The third-order valence-electron chi connectivity index (χ3n) is 1.90. The van der Waals surface area contributed by atoms with Crippen LogP contribution < -0.4 is 10.6 Å². The normalized spacial score (nSPS) is 17.4. The first-order chi connectivity index (χ1) is 6.36. The molecule has 1 aromatic heterocycles. The Bertz CT molecular complexity index is 269. The van der Waals surface area contributed by atoms with E-state index in [2.05, 4.69) is 20.1 Å². The zero-order chi connectivity index (χ0) is 9.10. The van der Waals surface area contributed by atoms with Crippen LogP contribution in [0.25, 0.3) is 0 Å². The Kier molecular flexibility index (Phi) is 2.22. The Morgan fingerprint density at radius 3 is 2.69 bits per heavy atom. The number of anilines is 2. The molecule has 70 valence electrons. The predicted octanol–water partition coefficient (Wildman–Crippen LogP) is -0.710. The number of ether oxygens (including phenoxy) is 1. The van der Waals surface area contributed by atoms with Gasteiger partial charge in [-0.2, -0.15) is 0 Å². The molecule has 0 atom stereocenters. The smallest absolute Gasteiger partial charge is 0.240 e. The minimum atomic E-state index is 0.206. The molecule has 13 heavy (non-hydrogen) atoms. The van der Waals surface area contributed by atoms with Gasteiger partial charge in [0.15, 0.2) is 5.82 Å². The number of nitrogens with zero attached hydrogens (tertiary/aromatic N) is 4. The molecule has 2 heterocycles. The molecule has 6 nitrogen and oxygen atoms in total. The van der Waals surface area contributed by atoms with Crippen LogP contribution in [0, 0.1) is 0 Å². The van der Waals surface area contributed by atoms with Crippen LogP contribution in [0.5, 0.6) is 0 Å². The van der Waals surface area contributed by atoms with Crippen molar-refractivity contribution in [2.75, 3.05) is 36.9 Å². The third kappa shape index (κ3) is 1.83. The van der Waals surface area contributed by atoms with Gasteiger partial charge in [-0.3, -0.25) is 0 Å². The lowest BCUT2D eigenvalue weighted by molar-refractivity contribution is 0.122. The van der Waals surface area contributed by atoms with Crippen molar-refractivity contribution in [3.63, 3.8) is 0 Å². The van der Waals surface area contributed by atoms with Crippen LogP contribution in [0.4, 0.5) is 11.8 Å². The van der Waals surface area contributed by atoms with E-state index in [1.165, 1.54) is 0 Å². The van der Waals surface area contributed by atoms with Crippen molar-refractivity contribution in [3.05, 3.63) is 6.20 Å². The van der Waals surface area contributed by atoms with Gasteiger partial charge in [0.2, 0.25) is 5.95 Å². The second kappa shape index (κ2) is 3.53. The number of nitrogens with two attached hydrogens (primary N) is 1. The van der Waals surface area contributed by atoms with E-state index >= 15 is 0 Å². The third-order valence-corrected chi connectivity index (χ3v) is 1.90. The van der Waals surface area contributed by atoms with Crippen molar-refractivity contribution in [2.24, 2.45) is 0 Å². The van der Waals surface area contributed by atoms with E-state index in [1.54, 1.807) is 6.20 Å². The zero-order valence-electron chi connectivity index (χ0n) is 7.18. The Morgan fingerprint density at radius 1 is 1.31 bits per heavy atom. The summed E-state index contributed by atoms with van der Waals surface area (Å²) < 4.78 is 5.21. The molecular formula is C7H11N5O. The van der Waals surface area contributed by atoms with Crippen LogP contribution in [-0.4, -0.2) is 41.5 Å². The highest BCUT2D eigenvalue weighted by atomic mass is 16.5. The molecule has 0 bridgehead atoms. The van der Waals surface area contributed by atoms with E-state index in [0.29, 0.717) is 0 Å². The Hall–Kier alpha value is -1.43. The fourth-order valence-corrected chi connectivity index (χ4v) is 1.22. The minimum absolute atomic E-state index is 0.206. The van der Waals surface area contributed by atoms with E-state index in [0.717, 1.165) is 32.1 Å². The van der Waals surface area contributed by atoms with E-state index in [-0.39, 0.29) is 5.95 Å². The van der Waals surface area contributed by atoms with Crippen molar-refractivity contribution >= 4 is 11.8 Å². The molecule has 0 amide bonds. The van der Waals surface area contributed by atoms with Crippen LogP contribution in [0.2, 0.25) is 0 Å². The number of hydrogen-bond donors (Lipinski definition) is 1. The molecule has 2 rings (SSSR count). The van der Waals surface area contributed by atoms with Gasteiger partial charge in [0.1, 0.15) is 0 Å². The van der Waals surface area contributed by atoms with Gasteiger partial charge in [-0.15, -0.1) is 10.2 Å². The molecule has 2 N–H and O–H groups in total. The van der Waals surface area contributed by atoms with Gasteiger partial charge >= 0.3 is 0 Å². The van der Waals surface area contributed by atoms with Gasteiger partial charge in [0.05, 0.1) is 19.4 Å². The van der Waals surface area contributed by atoms with E-state index < -0.39 is 0 Å². The van der Waals surface area contributed by atoms with Crippen molar-refractivity contribution in [1.29, 1.82) is 0 Å². The van der Waals surface area contributed by atoms with Crippen molar-refractivity contribution in [2.45, 2.75) is 0 Å². The number of hydrogen-bond acceptors (Lipinski definition) is 6. The molecule has 0 aliphatic carbocycles. The molecule has 1 aromatic rings. The van der Waals surface area contributed by atoms with Crippen LogP contribution >= 0.6 is 0 Å². The molecule has 0 radical (unpaired) electrons. The first-order valence-electron chi connectivity index (χ1n) is 4.14. The molecule has 6 heteroatoms. The SMILES string of the molecule is Nc1ncc(N2CCOCC2)nn1. The summed E-state index contributed by atoms with van der Waals surface area (Å²) in [6.07, 6.45) is 1.63. The minimum Gasteiger partial charge on any atom is -0.378 e. The summed E-state index contributed by atoms with van der Waals surface area (Å²) in [5.74, 6) is 0.967. The Balaban J connectivity index is 2.10. The number of nitrogen functional groups attached to an aromatic ring is 1. The largest absolute Gasteiger partial charge is 0.378 e. The highest BCUT2D eigenvalue weighted by Crippen LogP contribution is 2.09. The summed E-state index contributed by atoms with van der Waals surface area (Å²) in [7, 11) is 0. The lowest BCUT2D eigenvalue weighted by Crippen LogP contribution is -2.37. The van der Waals surface area contributed by atoms with Crippen molar-refractivity contribution < 1.29 is 4.74 Å². The van der Waals surface area contributed by atoms with Gasteiger partial charge in [0, 0.05) is 13.1 Å². The molecule has 1 aliphatic heterocycles. The molecule has 1 aliphatic rings. The van der Waals surface area contributed by atoms with Gasteiger partial charge in [-0.25, -0.2) is 4.98 Å². The Labute approximate surface area is 75.7 Å². The van der Waals surface area contributed by atoms with Gasteiger partial charge in [0.25, 0.3) is 0 Å². The highest BCUT2D eigenvalue weighted by molar-refractivity contribution is 5.36. The van der Waals surface area contributed by atoms with Crippen LogP contribution in [0.1, 0.15) is 0 Å². The highest BCUT2D eigenvalue weighted by Gasteiger charge is 2.12. The quantitative estimate of drug-likeness (QED) is 0.616. The molecule has 0 spiro atoms. The first-order valence-corrected chi connectivity index (χ1v) is 4.14. The van der Waals surface area contributed by atoms with Gasteiger partial charge < -0.3 is 15.4 Å². The molecule has 0 unspecified atom stereocenters. The molecule has 0 aromatic carbocycles. The molecule has 1 saturated heterocycles. The average molecular weight is 181 g/mol. The predicted molar refractivity (Wildman–Crippen MR) is 47.3 cm³/mol. The summed E-state index contributed by atoms with van der Waals surface area (Å²) in [6, 6.07) is 0. The van der Waals surface area contributed by atoms with Crippen molar-refractivity contribution in [1.82, 2.24) is 15.2 Å². The van der Waals surface area contributed by atoms with E-state index in [4.69, 9.17) is 10.5 Å². The summed E-state index contributed by atoms with van der Waals surface area (Å²) in [4.78, 5) is 5.95. The number of rotatable bonds is 1. The second-order valence-electron chi connectivity index (χ2n) is 2.77. The fourth-order valence-electron chi connectivity index (χ4n) is 1.22. The number of aromatic nitrogens is 3. The van der Waals surface area contributed by atoms with E-state index in [1.807, 2.05) is 0 Å². The zero-order valence-corrected chi connectivity index (χ0v) is 7.18. The van der Waals surface area contributed by atoms with Gasteiger partial charge in [-0.1, -0.05) is 0 Å². The monoisotopic (exact) mass is 181 g/mol. The van der Waals surface area contributed by atoms with Crippen LogP contribution in [0.3, 0.4) is 0 Å². The van der Waals surface area contributed by atoms with Crippen molar-refractivity contribution in [3.8, 4) is 0 Å². The molecule has 1 fully saturated rings. The molecular weight excluding hydrogens is 170 g/mol. The topological polar surface area (TPSA) is 77.2 Å². The molecule has 0 saturated carbocycles. The summed E-state index contributed by atoms with van der Waals surface area (Å²) in [5, 5.41) is 7.62. The maximum Gasteiger partial charge on any atom is 0.240 e. The second-order valence-corrected chi connectivity index (χ2v) is 2.77. The fraction of sp³-hybridized carbons (Fsp3) is 0.571. The summed E-state index contributed by atoms with van der Waals surface area (Å²) in [5.41, 5.74) is 5.33. The van der Waals surface area contributed by atoms with Crippen LogP contribution in [-0.2, 0) is 4.74 Å².